The molecular formula is C16H14F4N2O2S. The number of aliphatic imine (C=N–C) groups is 1. The zero-order chi connectivity index (χ0) is 18.6. The van der Waals surface area contributed by atoms with Gasteiger partial charge in [0.1, 0.15) is 0 Å². The molecule has 1 N–H and O–H groups in total. The third-order valence-corrected chi connectivity index (χ3v) is 4.98. The SMILES string of the molecule is COC(=O)C1=C(C)NC(SC)=NC12c1ccc(F)c(F)c1CC2(F)F. The van der Waals surface area contributed by atoms with Crippen molar-refractivity contribution in [1.29, 1.82) is 0 Å². The van der Waals surface area contributed by atoms with E-state index in [0.29, 0.717) is 0 Å². The maximum Gasteiger partial charge on any atom is 0.338 e. The molecule has 1 aliphatic heterocycles. The van der Waals surface area contributed by atoms with Crippen LogP contribution < -0.4 is 5.32 Å². The van der Waals surface area contributed by atoms with Gasteiger partial charge in [0.05, 0.1) is 12.7 Å². The second kappa shape index (κ2) is 5.76. The highest BCUT2D eigenvalue weighted by Gasteiger charge is 2.66. The largest absolute Gasteiger partial charge is 0.466 e. The van der Waals surface area contributed by atoms with Crippen molar-refractivity contribution in [2.75, 3.05) is 13.4 Å². The van der Waals surface area contributed by atoms with Gasteiger partial charge in [-0.05, 0) is 24.8 Å². The number of methoxy groups -OCH3 is 1. The number of halogens is 4. The average molecular weight is 374 g/mol. The molecule has 0 saturated carbocycles. The smallest absolute Gasteiger partial charge is 0.338 e. The van der Waals surface area contributed by atoms with Gasteiger partial charge < -0.3 is 10.1 Å². The van der Waals surface area contributed by atoms with Crippen LogP contribution >= 0.6 is 11.8 Å². The molecule has 1 aliphatic carbocycles. The lowest BCUT2D eigenvalue weighted by Crippen LogP contribution is -2.50. The fourth-order valence-electron chi connectivity index (χ4n) is 3.34. The van der Waals surface area contributed by atoms with Crippen LogP contribution in [0.15, 0.2) is 28.4 Å². The Kier molecular flexibility index (Phi) is 4.09. The first-order chi connectivity index (χ1) is 11.7. The summed E-state index contributed by atoms with van der Waals surface area (Å²) in [6.45, 7) is 1.44. The van der Waals surface area contributed by atoms with Gasteiger partial charge in [0.2, 0.25) is 0 Å². The number of ether oxygens (including phenoxy) is 1. The molecule has 1 aromatic carbocycles. The monoisotopic (exact) mass is 374 g/mol. The predicted octanol–water partition coefficient (Wildman–Crippen LogP) is 3.12. The summed E-state index contributed by atoms with van der Waals surface area (Å²) in [7, 11) is 1.06. The molecule has 4 nitrogen and oxygen atoms in total. The van der Waals surface area contributed by atoms with Crippen LogP contribution in [-0.4, -0.2) is 30.4 Å². The zero-order valence-corrected chi connectivity index (χ0v) is 14.4. The number of carbonyl (C=O) groups excluding carboxylic acids is 1. The third kappa shape index (κ3) is 2.28. The number of nitrogens with zero attached hydrogens (tertiary/aromatic N) is 1. The summed E-state index contributed by atoms with van der Waals surface area (Å²) < 4.78 is 62.7. The Balaban J connectivity index is 2.41. The van der Waals surface area contributed by atoms with Crippen molar-refractivity contribution < 1.29 is 27.1 Å². The van der Waals surface area contributed by atoms with E-state index in [1.807, 2.05) is 0 Å². The van der Waals surface area contributed by atoms with Gasteiger partial charge >= 0.3 is 5.97 Å². The van der Waals surface area contributed by atoms with Crippen molar-refractivity contribution in [3.05, 3.63) is 46.2 Å². The lowest BCUT2D eigenvalue weighted by atomic mass is 9.80. The first kappa shape index (κ1) is 17.8. The second-order valence-corrected chi connectivity index (χ2v) is 6.51. The van der Waals surface area contributed by atoms with Gasteiger partial charge in [-0.2, -0.15) is 0 Å². The number of fused-ring (bicyclic) bond motifs is 2. The van der Waals surface area contributed by atoms with Crippen molar-refractivity contribution in [3.63, 3.8) is 0 Å². The third-order valence-electron chi connectivity index (χ3n) is 4.40. The Morgan fingerprint density at radius 2 is 2.04 bits per heavy atom. The van der Waals surface area contributed by atoms with Crippen molar-refractivity contribution in [1.82, 2.24) is 5.32 Å². The summed E-state index contributed by atoms with van der Waals surface area (Å²) in [5, 5.41) is 2.91. The Bertz CT molecular complexity index is 838. The summed E-state index contributed by atoms with van der Waals surface area (Å²) in [6, 6.07) is 1.81. The summed E-state index contributed by atoms with van der Waals surface area (Å²) in [5.74, 6) is -7.23. The van der Waals surface area contributed by atoms with Gasteiger partial charge in [0.15, 0.2) is 22.3 Å². The molecule has 1 atom stereocenters. The predicted molar refractivity (Wildman–Crippen MR) is 85.5 cm³/mol. The van der Waals surface area contributed by atoms with Crippen molar-refractivity contribution >= 4 is 22.9 Å². The standard InChI is InChI=1S/C16H14F4N2O2S/c1-7-11(13(23)24-2)16(22-14(21-7)25-3)9-4-5-10(17)12(18)8(9)6-15(16,19)20/h4-5H,6H2,1-3H3,(H,21,22). The highest BCUT2D eigenvalue weighted by molar-refractivity contribution is 8.13. The number of amidine groups is 1. The first-order valence-electron chi connectivity index (χ1n) is 7.25. The number of esters is 1. The molecule has 0 amide bonds. The maximum absolute atomic E-state index is 15.1. The normalized spacial score (nSPS) is 24.0. The van der Waals surface area contributed by atoms with Crippen molar-refractivity contribution in [2.45, 2.75) is 24.8 Å². The van der Waals surface area contributed by atoms with Crippen LogP contribution in [0.4, 0.5) is 17.6 Å². The van der Waals surface area contributed by atoms with Crippen molar-refractivity contribution in [3.8, 4) is 0 Å². The van der Waals surface area contributed by atoms with E-state index in [2.05, 4.69) is 15.0 Å². The van der Waals surface area contributed by atoms with E-state index in [4.69, 9.17) is 0 Å². The number of alkyl halides is 2. The average Bonchev–Trinajstić information content (AvgIpc) is 2.78. The number of carbonyl (C=O) groups is 1. The van der Waals surface area contributed by atoms with E-state index in [-0.39, 0.29) is 16.4 Å². The van der Waals surface area contributed by atoms with Gasteiger partial charge in [-0.15, -0.1) is 0 Å². The van der Waals surface area contributed by atoms with Crippen LogP contribution in [0.1, 0.15) is 18.1 Å². The Morgan fingerprint density at radius 3 is 2.64 bits per heavy atom. The Labute approximate surface area is 145 Å². The number of nitrogens with one attached hydrogen (secondary N) is 1. The molecule has 0 radical (unpaired) electrons. The highest BCUT2D eigenvalue weighted by Crippen LogP contribution is 2.57. The van der Waals surface area contributed by atoms with Crippen LogP contribution in [0, 0.1) is 11.6 Å². The molecule has 25 heavy (non-hydrogen) atoms. The number of hydrogen-bond donors (Lipinski definition) is 1. The zero-order valence-electron chi connectivity index (χ0n) is 13.5. The van der Waals surface area contributed by atoms with E-state index in [9.17, 15) is 13.6 Å². The summed E-state index contributed by atoms with van der Waals surface area (Å²) >= 11 is 1.07. The molecule has 3 rings (SSSR count). The summed E-state index contributed by atoms with van der Waals surface area (Å²) in [5.41, 5.74) is -3.46. The lowest BCUT2D eigenvalue weighted by molar-refractivity contribution is -0.139. The summed E-state index contributed by atoms with van der Waals surface area (Å²) in [4.78, 5) is 16.4. The van der Waals surface area contributed by atoms with Crippen LogP contribution in [0.25, 0.3) is 0 Å². The van der Waals surface area contributed by atoms with E-state index in [1.54, 1.807) is 6.26 Å². The van der Waals surface area contributed by atoms with Gasteiger partial charge in [-0.3, -0.25) is 0 Å². The fourth-order valence-corrected chi connectivity index (χ4v) is 3.82. The molecule has 1 aromatic rings. The Morgan fingerprint density at radius 1 is 1.36 bits per heavy atom. The molecule has 0 aromatic heterocycles. The minimum Gasteiger partial charge on any atom is -0.466 e. The molecule has 9 heteroatoms. The molecule has 1 spiro atoms. The quantitative estimate of drug-likeness (QED) is 0.606. The minimum absolute atomic E-state index is 0.128. The number of benzene rings is 1. The minimum atomic E-state index is -3.64. The van der Waals surface area contributed by atoms with Gasteiger partial charge in [0, 0.05) is 17.7 Å². The Hall–Kier alpha value is -2.03. The first-order valence-corrected chi connectivity index (χ1v) is 8.47. The maximum atomic E-state index is 15.1. The van der Waals surface area contributed by atoms with Crippen LogP contribution in [-0.2, 0) is 21.5 Å². The van der Waals surface area contributed by atoms with E-state index in [0.717, 1.165) is 31.0 Å². The van der Waals surface area contributed by atoms with Gasteiger partial charge in [0.25, 0.3) is 5.92 Å². The topological polar surface area (TPSA) is 50.7 Å². The molecule has 0 saturated heterocycles. The summed E-state index contributed by atoms with van der Waals surface area (Å²) in [6.07, 6.45) is 0.556. The van der Waals surface area contributed by atoms with Crippen LogP contribution in [0.5, 0.6) is 0 Å². The van der Waals surface area contributed by atoms with E-state index >= 15 is 8.78 Å². The fraction of sp³-hybridized carbons (Fsp3) is 0.375. The molecule has 0 fully saturated rings. The number of rotatable bonds is 1. The molecule has 0 bridgehead atoms. The number of thioether (sulfide) groups is 1. The van der Waals surface area contributed by atoms with E-state index in [1.165, 1.54) is 6.92 Å². The molecular weight excluding hydrogens is 360 g/mol. The lowest BCUT2D eigenvalue weighted by Gasteiger charge is -2.38. The second-order valence-electron chi connectivity index (χ2n) is 5.72. The molecule has 134 valence electrons. The molecule has 2 aliphatic rings. The van der Waals surface area contributed by atoms with Gasteiger partial charge in [-0.25, -0.2) is 27.3 Å². The van der Waals surface area contributed by atoms with Crippen molar-refractivity contribution in [2.24, 2.45) is 4.99 Å². The number of hydrogen-bond acceptors (Lipinski definition) is 5. The van der Waals surface area contributed by atoms with Gasteiger partial charge in [-0.1, -0.05) is 17.8 Å². The number of allylic oxidation sites excluding steroid dienone is 1. The van der Waals surface area contributed by atoms with Crippen LogP contribution in [0.3, 0.4) is 0 Å². The van der Waals surface area contributed by atoms with E-state index < -0.39 is 46.6 Å². The highest BCUT2D eigenvalue weighted by atomic mass is 32.2. The molecule has 1 heterocycles. The van der Waals surface area contributed by atoms with Crippen LogP contribution in [0.2, 0.25) is 0 Å². The molecule has 1 unspecified atom stereocenters.